The summed E-state index contributed by atoms with van der Waals surface area (Å²) in [6, 6.07) is 3.66. The van der Waals surface area contributed by atoms with Gasteiger partial charge in [0.15, 0.2) is 5.65 Å². The molecule has 2 aromatic rings. The Kier molecular flexibility index (Phi) is 2.50. The third-order valence-electron chi connectivity index (χ3n) is 2.49. The minimum atomic E-state index is -0.311. The number of Topliss-reactive ketones (excluding diaryl/α,β-unsaturated/α-hetero) is 1. The summed E-state index contributed by atoms with van der Waals surface area (Å²) >= 11 is 0. The molecule has 0 saturated carbocycles. The van der Waals surface area contributed by atoms with Crippen LogP contribution in [0.2, 0.25) is 0 Å². The molecular formula is C12H15N3O. The van der Waals surface area contributed by atoms with Crippen molar-refractivity contribution in [3.63, 3.8) is 0 Å². The number of aromatic nitrogens is 3. The highest BCUT2D eigenvalue weighted by atomic mass is 16.1. The Hall–Kier alpha value is -1.71. The van der Waals surface area contributed by atoms with Crippen LogP contribution < -0.4 is 0 Å². The molecule has 0 saturated heterocycles. The van der Waals surface area contributed by atoms with Gasteiger partial charge in [0.2, 0.25) is 0 Å². The summed E-state index contributed by atoms with van der Waals surface area (Å²) in [5.41, 5.74) is 1.26. The largest absolute Gasteiger partial charge is 0.299 e. The van der Waals surface area contributed by atoms with Crippen LogP contribution in [0.5, 0.6) is 0 Å². The van der Waals surface area contributed by atoms with Crippen LogP contribution in [0.1, 0.15) is 26.5 Å². The average molecular weight is 217 g/mol. The maximum absolute atomic E-state index is 11.8. The monoisotopic (exact) mass is 217 g/mol. The fourth-order valence-electron chi connectivity index (χ4n) is 1.38. The lowest BCUT2D eigenvalue weighted by Gasteiger charge is -2.15. The lowest BCUT2D eigenvalue weighted by Crippen LogP contribution is -2.22. The number of hydrogen-bond acceptors (Lipinski definition) is 3. The molecule has 0 bridgehead atoms. The summed E-state index contributed by atoms with van der Waals surface area (Å²) in [5, 5.41) is 4.06. The number of carbonyl (C=O) groups is 1. The predicted octanol–water partition coefficient (Wildman–Crippen LogP) is 1.89. The van der Waals surface area contributed by atoms with Crippen molar-refractivity contribution in [2.24, 2.45) is 5.41 Å². The highest BCUT2D eigenvalue weighted by Gasteiger charge is 2.21. The van der Waals surface area contributed by atoms with E-state index < -0.39 is 0 Å². The smallest absolute Gasteiger partial charge is 0.155 e. The molecule has 0 aliphatic heterocycles. The second kappa shape index (κ2) is 3.70. The molecule has 0 radical (unpaired) electrons. The van der Waals surface area contributed by atoms with E-state index in [-0.39, 0.29) is 11.2 Å². The fraction of sp³-hybridized carbons (Fsp3) is 0.417. The van der Waals surface area contributed by atoms with E-state index in [1.165, 1.54) is 0 Å². The number of ketones is 1. The van der Waals surface area contributed by atoms with Gasteiger partial charge in [-0.25, -0.2) is 9.50 Å². The second-order valence-electron chi connectivity index (χ2n) is 4.90. The van der Waals surface area contributed by atoms with Crippen molar-refractivity contribution in [2.75, 3.05) is 0 Å². The molecule has 4 nitrogen and oxygen atoms in total. The van der Waals surface area contributed by atoms with E-state index in [1.807, 2.05) is 39.1 Å². The van der Waals surface area contributed by atoms with Crippen molar-refractivity contribution in [2.45, 2.75) is 27.2 Å². The summed E-state index contributed by atoms with van der Waals surface area (Å²) in [6.45, 7) is 5.77. The first-order chi connectivity index (χ1) is 7.47. The molecule has 2 rings (SSSR count). The first-order valence-electron chi connectivity index (χ1n) is 5.29. The molecule has 0 amide bonds. The average Bonchev–Trinajstić information content (AvgIpc) is 2.63. The van der Waals surface area contributed by atoms with Crippen LogP contribution >= 0.6 is 0 Å². The molecule has 84 valence electrons. The maximum Gasteiger partial charge on any atom is 0.155 e. The molecule has 16 heavy (non-hydrogen) atoms. The van der Waals surface area contributed by atoms with Gasteiger partial charge in [0, 0.05) is 24.1 Å². The molecule has 0 N–H and O–H groups in total. The van der Waals surface area contributed by atoms with Crippen molar-refractivity contribution < 1.29 is 4.79 Å². The number of carbonyl (C=O) groups excluding carboxylic acids is 1. The van der Waals surface area contributed by atoms with Crippen molar-refractivity contribution in [1.29, 1.82) is 0 Å². The minimum absolute atomic E-state index is 0.198. The van der Waals surface area contributed by atoms with Gasteiger partial charge in [-0.15, -0.1) is 0 Å². The standard InChI is InChI=1S/C12H15N3O/c1-12(2,3)10(16)8-9-5-7-15-11(14-9)4-6-13-15/h4-7H,8H2,1-3H3. The van der Waals surface area contributed by atoms with Gasteiger partial charge in [-0.3, -0.25) is 4.79 Å². The SMILES string of the molecule is CC(C)(C)C(=O)Cc1ccn2nccc2n1. The topological polar surface area (TPSA) is 47.3 Å². The Bertz CT molecular complexity index is 522. The normalized spacial score (nSPS) is 11.9. The van der Waals surface area contributed by atoms with Gasteiger partial charge in [-0.1, -0.05) is 20.8 Å². The van der Waals surface area contributed by atoms with Crippen molar-refractivity contribution >= 4 is 11.4 Å². The molecule has 4 heteroatoms. The van der Waals surface area contributed by atoms with Gasteiger partial charge >= 0.3 is 0 Å². The zero-order valence-corrected chi connectivity index (χ0v) is 9.77. The molecule has 2 aromatic heterocycles. The Morgan fingerprint density at radius 2 is 2.12 bits per heavy atom. The Labute approximate surface area is 94.3 Å². The molecule has 0 fully saturated rings. The van der Waals surface area contributed by atoms with E-state index in [2.05, 4.69) is 10.1 Å². The van der Waals surface area contributed by atoms with Gasteiger partial charge in [0.1, 0.15) is 5.78 Å². The molecule has 0 aromatic carbocycles. The molecule has 0 aliphatic carbocycles. The number of rotatable bonds is 2. The van der Waals surface area contributed by atoms with Gasteiger partial charge in [-0.05, 0) is 6.07 Å². The summed E-state index contributed by atoms with van der Waals surface area (Å²) < 4.78 is 1.69. The third kappa shape index (κ3) is 2.10. The van der Waals surface area contributed by atoms with Crippen LogP contribution in [-0.4, -0.2) is 20.4 Å². The van der Waals surface area contributed by atoms with Gasteiger partial charge in [-0.2, -0.15) is 5.10 Å². The van der Waals surface area contributed by atoms with Crippen LogP contribution in [0, 0.1) is 5.41 Å². The predicted molar refractivity (Wildman–Crippen MR) is 61.2 cm³/mol. The summed E-state index contributed by atoms with van der Waals surface area (Å²) in [7, 11) is 0. The summed E-state index contributed by atoms with van der Waals surface area (Å²) in [5.74, 6) is 0.198. The Morgan fingerprint density at radius 3 is 2.81 bits per heavy atom. The first kappa shape index (κ1) is 10.8. The third-order valence-corrected chi connectivity index (χ3v) is 2.49. The van der Waals surface area contributed by atoms with Crippen molar-refractivity contribution in [3.05, 3.63) is 30.2 Å². The van der Waals surface area contributed by atoms with E-state index in [0.717, 1.165) is 11.3 Å². The van der Waals surface area contributed by atoms with E-state index in [0.29, 0.717) is 6.42 Å². The molecule has 0 unspecified atom stereocenters. The summed E-state index contributed by atoms with van der Waals surface area (Å²) in [6.07, 6.45) is 3.90. The van der Waals surface area contributed by atoms with Crippen LogP contribution in [0.4, 0.5) is 0 Å². The van der Waals surface area contributed by atoms with Crippen molar-refractivity contribution in [3.8, 4) is 0 Å². The molecule has 0 spiro atoms. The highest BCUT2D eigenvalue weighted by molar-refractivity contribution is 5.85. The van der Waals surface area contributed by atoms with Crippen LogP contribution in [0.3, 0.4) is 0 Å². The Balaban J connectivity index is 2.24. The highest BCUT2D eigenvalue weighted by Crippen LogP contribution is 2.17. The van der Waals surface area contributed by atoms with Crippen molar-refractivity contribution in [1.82, 2.24) is 14.6 Å². The lowest BCUT2D eigenvalue weighted by atomic mass is 9.88. The van der Waals surface area contributed by atoms with Gasteiger partial charge in [0.05, 0.1) is 11.9 Å². The Morgan fingerprint density at radius 1 is 1.38 bits per heavy atom. The second-order valence-corrected chi connectivity index (χ2v) is 4.90. The zero-order chi connectivity index (χ0) is 11.8. The maximum atomic E-state index is 11.8. The van der Waals surface area contributed by atoms with Crippen LogP contribution in [0.15, 0.2) is 24.5 Å². The quantitative estimate of drug-likeness (QED) is 0.771. The minimum Gasteiger partial charge on any atom is -0.299 e. The number of hydrogen-bond donors (Lipinski definition) is 0. The molecular weight excluding hydrogens is 202 g/mol. The van der Waals surface area contributed by atoms with E-state index in [4.69, 9.17) is 0 Å². The van der Waals surface area contributed by atoms with E-state index in [1.54, 1.807) is 10.7 Å². The lowest BCUT2D eigenvalue weighted by molar-refractivity contribution is -0.125. The van der Waals surface area contributed by atoms with E-state index in [9.17, 15) is 4.79 Å². The van der Waals surface area contributed by atoms with Gasteiger partial charge < -0.3 is 0 Å². The first-order valence-corrected chi connectivity index (χ1v) is 5.29. The summed E-state index contributed by atoms with van der Waals surface area (Å²) in [4.78, 5) is 16.2. The molecule has 0 atom stereocenters. The number of fused-ring (bicyclic) bond motifs is 1. The number of nitrogens with zero attached hydrogens (tertiary/aromatic N) is 3. The zero-order valence-electron chi connectivity index (χ0n) is 9.77. The van der Waals surface area contributed by atoms with Gasteiger partial charge in [0.25, 0.3) is 0 Å². The van der Waals surface area contributed by atoms with Crippen LogP contribution in [-0.2, 0) is 11.2 Å². The molecule has 2 heterocycles. The van der Waals surface area contributed by atoms with E-state index >= 15 is 0 Å². The van der Waals surface area contributed by atoms with Crippen LogP contribution in [0.25, 0.3) is 5.65 Å². The fourth-order valence-corrected chi connectivity index (χ4v) is 1.38. The molecule has 0 aliphatic rings.